The second kappa shape index (κ2) is 3.38. The third kappa shape index (κ3) is 1.40. The highest BCUT2D eigenvalue weighted by Crippen LogP contribution is 2.30. The number of carbonyl (C=O) groups is 1. The zero-order chi connectivity index (χ0) is 9.42. The van der Waals surface area contributed by atoms with Gasteiger partial charge in [0.1, 0.15) is 0 Å². The minimum Gasteiger partial charge on any atom is -0.298 e. The molecule has 0 saturated carbocycles. The average molecular weight is 302 g/mol. The highest BCUT2D eigenvalue weighted by Gasteiger charge is 2.07. The molecule has 0 amide bonds. The Bertz CT molecular complexity index is 473. The summed E-state index contributed by atoms with van der Waals surface area (Å²) in [6.07, 6.45) is 0.932. The van der Waals surface area contributed by atoms with E-state index < -0.39 is 0 Å². The molecule has 0 saturated heterocycles. The van der Waals surface area contributed by atoms with Gasteiger partial charge in [0, 0.05) is 24.6 Å². The lowest BCUT2D eigenvalue weighted by molar-refractivity contribution is 0.112. The molecule has 1 aromatic carbocycles. The van der Waals surface area contributed by atoms with Gasteiger partial charge in [-0.1, -0.05) is 0 Å². The summed E-state index contributed by atoms with van der Waals surface area (Å²) >= 11 is 3.92. The first-order chi connectivity index (χ1) is 6.24. The number of carbonyl (C=O) groups excluding carboxylic acids is 1. The van der Waals surface area contributed by atoms with Crippen molar-refractivity contribution in [3.63, 3.8) is 0 Å². The second-order valence-electron chi connectivity index (χ2n) is 2.85. The highest BCUT2D eigenvalue weighted by molar-refractivity contribution is 14.1. The van der Waals surface area contributed by atoms with Crippen LogP contribution >= 0.6 is 33.9 Å². The third-order valence-electron chi connectivity index (χ3n) is 2.09. The van der Waals surface area contributed by atoms with Gasteiger partial charge in [-0.25, -0.2) is 0 Å². The van der Waals surface area contributed by atoms with Crippen LogP contribution in [0, 0.1) is 10.5 Å². The fraction of sp³-hybridized carbons (Fsp3) is 0.100. The standard InChI is InChI=1S/C10H7IOS/c1-6-8(11)2-3-9-10(6)7(4-12)5-13-9/h2-5H,1H3. The van der Waals surface area contributed by atoms with Crippen molar-refractivity contribution < 1.29 is 4.79 Å². The number of aryl methyl sites for hydroxylation is 1. The molecule has 0 fully saturated rings. The molecule has 13 heavy (non-hydrogen) atoms. The van der Waals surface area contributed by atoms with Crippen LogP contribution in [-0.2, 0) is 0 Å². The molecule has 0 aliphatic rings. The molecule has 0 N–H and O–H groups in total. The minimum absolute atomic E-state index is 0.816. The van der Waals surface area contributed by atoms with Gasteiger partial charge in [0.15, 0.2) is 6.29 Å². The van der Waals surface area contributed by atoms with Crippen molar-refractivity contribution in [2.75, 3.05) is 0 Å². The molecule has 3 heteroatoms. The number of fused-ring (bicyclic) bond motifs is 1. The quantitative estimate of drug-likeness (QED) is 0.581. The molecule has 1 nitrogen and oxygen atoms in total. The van der Waals surface area contributed by atoms with Crippen molar-refractivity contribution in [1.82, 2.24) is 0 Å². The molecule has 0 aliphatic heterocycles. The monoisotopic (exact) mass is 302 g/mol. The van der Waals surface area contributed by atoms with Crippen LogP contribution in [0.15, 0.2) is 17.5 Å². The Morgan fingerprint density at radius 2 is 2.23 bits per heavy atom. The van der Waals surface area contributed by atoms with Crippen molar-refractivity contribution in [2.24, 2.45) is 0 Å². The van der Waals surface area contributed by atoms with Gasteiger partial charge in [-0.05, 0) is 47.2 Å². The lowest BCUT2D eigenvalue weighted by Gasteiger charge is -1.99. The molecule has 0 spiro atoms. The number of rotatable bonds is 1. The molecule has 0 aliphatic carbocycles. The molecule has 66 valence electrons. The molecule has 1 aromatic heterocycles. The Balaban J connectivity index is 2.93. The lowest BCUT2D eigenvalue weighted by Crippen LogP contribution is -1.83. The number of hydrogen-bond donors (Lipinski definition) is 0. The summed E-state index contributed by atoms with van der Waals surface area (Å²) in [6.45, 7) is 2.06. The predicted octanol–water partition coefficient (Wildman–Crippen LogP) is 3.63. The molecule has 0 atom stereocenters. The van der Waals surface area contributed by atoms with E-state index in [-0.39, 0.29) is 0 Å². The Morgan fingerprint density at radius 1 is 1.46 bits per heavy atom. The van der Waals surface area contributed by atoms with Gasteiger partial charge in [0.25, 0.3) is 0 Å². The molecule has 2 aromatic rings. The van der Waals surface area contributed by atoms with Crippen molar-refractivity contribution in [3.05, 3.63) is 32.2 Å². The Kier molecular flexibility index (Phi) is 2.38. The number of hydrogen-bond acceptors (Lipinski definition) is 2. The largest absolute Gasteiger partial charge is 0.298 e. The van der Waals surface area contributed by atoms with Gasteiger partial charge in [-0.15, -0.1) is 11.3 Å². The van der Waals surface area contributed by atoms with Crippen molar-refractivity contribution >= 4 is 50.3 Å². The Morgan fingerprint density at radius 3 is 2.92 bits per heavy atom. The van der Waals surface area contributed by atoms with E-state index in [1.807, 2.05) is 5.38 Å². The maximum absolute atomic E-state index is 10.7. The van der Waals surface area contributed by atoms with E-state index in [4.69, 9.17) is 0 Å². The van der Waals surface area contributed by atoms with Gasteiger partial charge in [-0.2, -0.15) is 0 Å². The van der Waals surface area contributed by atoms with Crippen LogP contribution in [0.2, 0.25) is 0 Å². The summed E-state index contributed by atoms with van der Waals surface area (Å²) in [4.78, 5) is 10.7. The van der Waals surface area contributed by atoms with Gasteiger partial charge >= 0.3 is 0 Å². The van der Waals surface area contributed by atoms with E-state index in [9.17, 15) is 4.79 Å². The van der Waals surface area contributed by atoms with Gasteiger partial charge in [-0.3, -0.25) is 4.79 Å². The fourth-order valence-electron chi connectivity index (χ4n) is 1.39. The summed E-state index contributed by atoms with van der Waals surface area (Å²) in [6, 6.07) is 4.16. The van der Waals surface area contributed by atoms with Crippen LogP contribution < -0.4 is 0 Å². The van der Waals surface area contributed by atoms with E-state index in [0.717, 1.165) is 17.2 Å². The van der Waals surface area contributed by atoms with Crippen LogP contribution in [0.1, 0.15) is 15.9 Å². The summed E-state index contributed by atoms with van der Waals surface area (Å²) < 4.78 is 2.41. The molecular weight excluding hydrogens is 295 g/mol. The first kappa shape index (κ1) is 9.15. The number of thiophene rings is 1. The molecular formula is C10H7IOS. The van der Waals surface area contributed by atoms with E-state index in [0.29, 0.717) is 0 Å². The summed E-state index contributed by atoms with van der Waals surface area (Å²) in [5.74, 6) is 0. The van der Waals surface area contributed by atoms with Gasteiger partial charge in [0.2, 0.25) is 0 Å². The first-order valence-corrected chi connectivity index (χ1v) is 5.81. The second-order valence-corrected chi connectivity index (χ2v) is 4.93. The number of halogens is 1. The Labute approximate surface area is 93.9 Å². The van der Waals surface area contributed by atoms with E-state index in [1.54, 1.807) is 11.3 Å². The SMILES string of the molecule is Cc1c(I)ccc2scc(C=O)c12. The van der Waals surface area contributed by atoms with Gasteiger partial charge in [0.05, 0.1) is 0 Å². The first-order valence-electron chi connectivity index (χ1n) is 3.85. The van der Waals surface area contributed by atoms with Crippen LogP contribution in [0.4, 0.5) is 0 Å². The maximum Gasteiger partial charge on any atom is 0.151 e. The zero-order valence-corrected chi connectivity index (χ0v) is 9.98. The molecule has 1 heterocycles. The minimum atomic E-state index is 0.816. The molecule has 0 bridgehead atoms. The topological polar surface area (TPSA) is 17.1 Å². The predicted molar refractivity (Wildman–Crippen MR) is 64.7 cm³/mol. The Hall–Kier alpha value is -0.420. The summed E-state index contributed by atoms with van der Waals surface area (Å²) in [7, 11) is 0. The van der Waals surface area contributed by atoms with E-state index in [2.05, 4.69) is 41.6 Å². The summed E-state index contributed by atoms with van der Waals surface area (Å²) in [5.41, 5.74) is 2.03. The summed E-state index contributed by atoms with van der Waals surface area (Å²) in [5, 5.41) is 3.03. The number of aldehydes is 1. The third-order valence-corrected chi connectivity index (χ3v) is 4.22. The van der Waals surface area contributed by atoms with Crippen LogP contribution in [-0.4, -0.2) is 6.29 Å². The lowest BCUT2D eigenvalue weighted by atomic mass is 10.1. The smallest absolute Gasteiger partial charge is 0.151 e. The molecule has 2 rings (SSSR count). The number of benzene rings is 1. The average Bonchev–Trinajstić information content (AvgIpc) is 2.55. The van der Waals surface area contributed by atoms with Crippen molar-refractivity contribution in [2.45, 2.75) is 6.92 Å². The highest BCUT2D eigenvalue weighted by atomic mass is 127. The van der Waals surface area contributed by atoms with Gasteiger partial charge < -0.3 is 0 Å². The molecule has 0 radical (unpaired) electrons. The normalized spacial score (nSPS) is 10.6. The van der Waals surface area contributed by atoms with Crippen LogP contribution in [0.3, 0.4) is 0 Å². The maximum atomic E-state index is 10.7. The molecule has 0 unspecified atom stereocenters. The van der Waals surface area contributed by atoms with Crippen molar-refractivity contribution in [1.29, 1.82) is 0 Å². The fourth-order valence-corrected chi connectivity index (χ4v) is 2.80. The zero-order valence-electron chi connectivity index (χ0n) is 7.00. The van der Waals surface area contributed by atoms with Crippen molar-refractivity contribution in [3.8, 4) is 0 Å². The van der Waals surface area contributed by atoms with Crippen LogP contribution in [0.5, 0.6) is 0 Å². The van der Waals surface area contributed by atoms with E-state index >= 15 is 0 Å². The van der Waals surface area contributed by atoms with E-state index in [1.165, 1.54) is 13.8 Å². The van der Waals surface area contributed by atoms with Crippen LogP contribution in [0.25, 0.3) is 10.1 Å².